The molecule has 148 valence electrons. The summed E-state index contributed by atoms with van der Waals surface area (Å²) in [6.45, 7) is 2.74. The van der Waals surface area contributed by atoms with Crippen molar-refractivity contribution >= 4 is 34.0 Å². The maximum Gasteiger partial charge on any atom is 0.196 e. The van der Waals surface area contributed by atoms with E-state index in [1.165, 1.54) is 0 Å². The molecule has 0 unspecified atom stereocenters. The first kappa shape index (κ1) is 17.7. The molecule has 1 N–H and O–H groups in total. The highest BCUT2D eigenvalue weighted by molar-refractivity contribution is 6.28. The molecular weight excluding hydrogens is 374 g/mol. The van der Waals surface area contributed by atoms with Crippen molar-refractivity contribution in [2.75, 3.05) is 43.1 Å². The average molecular weight is 392 g/mol. The third-order valence-electron chi connectivity index (χ3n) is 5.37. The van der Waals surface area contributed by atoms with Crippen LogP contribution in [0.25, 0.3) is 22.2 Å². The number of hydrogen-bond donors (Lipinski definition) is 1. The van der Waals surface area contributed by atoms with Crippen LogP contribution in [0, 0.1) is 0 Å². The van der Waals surface area contributed by atoms with Crippen LogP contribution in [0.5, 0.6) is 0 Å². The normalized spacial score (nSPS) is 15.4. The van der Waals surface area contributed by atoms with Gasteiger partial charge in [0.15, 0.2) is 11.5 Å². The van der Waals surface area contributed by atoms with Crippen LogP contribution in [0.4, 0.5) is 11.4 Å². The molecule has 0 amide bonds. The number of carbonyl (C=O) groups is 2. The molecule has 29 heavy (non-hydrogen) atoms. The van der Waals surface area contributed by atoms with Gasteiger partial charge in [-0.3, -0.25) is 4.79 Å². The summed E-state index contributed by atoms with van der Waals surface area (Å²) in [6, 6.07) is 9.13. The van der Waals surface area contributed by atoms with Crippen LogP contribution in [-0.4, -0.2) is 49.8 Å². The number of ketones is 1. The molecular formula is C21H18N3O5-. The minimum atomic E-state index is -1.15. The number of fused-ring (bicyclic) bond motifs is 2. The fraction of sp³-hybridized carbons (Fsp3) is 0.286. The second kappa shape index (κ2) is 6.89. The number of anilines is 2. The Kier molecular flexibility index (Phi) is 4.21. The molecule has 2 heterocycles. The molecule has 1 fully saturated rings. The summed E-state index contributed by atoms with van der Waals surface area (Å²) < 4.78 is 11.2. The number of nitrogens with zero attached hydrogens (tertiary/aromatic N) is 2. The Labute approximate surface area is 166 Å². The zero-order chi connectivity index (χ0) is 20.0. The van der Waals surface area contributed by atoms with E-state index in [1.54, 1.807) is 12.1 Å². The molecule has 0 saturated carbocycles. The summed E-state index contributed by atoms with van der Waals surface area (Å²) in [6.07, 6.45) is -0.161. The Balaban J connectivity index is 1.72. The number of ether oxygens (including phenoxy) is 1. The largest absolute Gasteiger partial charge is 0.550 e. The zero-order valence-corrected chi connectivity index (χ0v) is 15.6. The molecule has 2 aromatic carbocycles. The number of carbonyl (C=O) groups excluding carboxylic acids is 2. The van der Waals surface area contributed by atoms with Gasteiger partial charge in [0, 0.05) is 48.8 Å². The maximum atomic E-state index is 13.3. The second-order valence-electron chi connectivity index (χ2n) is 7.08. The molecule has 1 aromatic heterocycles. The van der Waals surface area contributed by atoms with Gasteiger partial charge in [-0.05, 0) is 6.07 Å². The molecule has 2 aliphatic rings. The van der Waals surface area contributed by atoms with Crippen LogP contribution in [0.2, 0.25) is 0 Å². The van der Waals surface area contributed by atoms with E-state index in [-0.39, 0.29) is 18.7 Å². The Bertz CT molecular complexity index is 1130. The van der Waals surface area contributed by atoms with Gasteiger partial charge in [0.05, 0.1) is 29.9 Å². The summed E-state index contributed by atoms with van der Waals surface area (Å²) in [7, 11) is 0. The third-order valence-corrected chi connectivity index (χ3v) is 5.37. The van der Waals surface area contributed by atoms with Gasteiger partial charge in [-0.1, -0.05) is 29.4 Å². The number of morpholine rings is 1. The van der Waals surface area contributed by atoms with E-state index in [0.29, 0.717) is 65.3 Å². The van der Waals surface area contributed by atoms with Gasteiger partial charge in [0.25, 0.3) is 0 Å². The van der Waals surface area contributed by atoms with Crippen LogP contribution in [-0.2, 0) is 9.53 Å². The molecule has 0 bridgehead atoms. The maximum absolute atomic E-state index is 13.3. The Morgan fingerprint density at radius 1 is 1.21 bits per heavy atom. The topological polar surface area (TPSA) is 108 Å². The van der Waals surface area contributed by atoms with Crippen molar-refractivity contribution in [1.29, 1.82) is 0 Å². The van der Waals surface area contributed by atoms with Crippen LogP contribution in [0.1, 0.15) is 22.3 Å². The van der Waals surface area contributed by atoms with Crippen molar-refractivity contribution in [2.45, 2.75) is 6.42 Å². The van der Waals surface area contributed by atoms with Gasteiger partial charge in [0.1, 0.15) is 5.52 Å². The summed E-state index contributed by atoms with van der Waals surface area (Å²) in [5, 5.41) is 18.9. The van der Waals surface area contributed by atoms with E-state index in [9.17, 15) is 14.7 Å². The van der Waals surface area contributed by atoms with Crippen LogP contribution in [0.15, 0.2) is 34.9 Å². The first-order valence-electron chi connectivity index (χ1n) is 9.52. The first-order valence-corrected chi connectivity index (χ1v) is 9.52. The van der Waals surface area contributed by atoms with Crippen molar-refractivity contribution < 1.29 is 24.0 Å². The Morgan fingerprint density at radius 2 is 1.97 bits per heavy atom. The number of aromatic nitrogens is 1. The van der Waals surface area contributed by atoms with Crippen LogP contribution < -0.4 is 15.3 Å². The van der Waals surface area contributed by atoms with E-state index in [2.05, 4.69) is 15.4 Å². The molecule has 1 saturated heterocycles. The van der Waals surface area contributed by atoms with E-state index in [4.69, 9.17) is 9.26 Å². The van der Waals surface area contributed by atoms with Gasteiger partial charge >= 0.3 is 0 Å². The Hall–Kier alpha value is -3.39. The quantitative estimate of drug-likeness (QED) is 0.543. The number of nitrogens with one attached hydrogen (secondary N) is 1. The number of carboxylic acid groups (broad SMARTS) is 1. The average Bonchev–Trinajstić information content (AvgIpc) is 3.18. The molecule has 8 heteroatoms. The van der Waals surface area contributed by atoms with Crippen LogP contribution >= 0.6 is 0 Å². The van der Waals surface area contributed by atoms with Crippen LogP contribution in [0.3, 0.4) is 0 Å². The van der Waals surface area contributed by atoms with Crippen molar-refractivity contribution in [3.63, 3.8) is 0 Å². The lowest BCUT2D eigenvalue weighted by Crippen LogP contribution is -2.36. The molecule has 0 radical (unpaired) electrons. The Morgan fingerprint density at radius 3 is 2.72 bits per heavy atom. The number of carboxylic acids is 1. The summed E-state index contributed by atoms with van der Waals surface area (Å²) in [4.78, 5) is 26.3. The molecule has 1 aliphatic heterocycles. The summed E-state index contributed by atoms with van der Waals surface area (Å²) in [5.41, 5.74) is 3.76. The van der Waals surface area contributed by atoms with Gasteiger partial charge in [0.2, 0.25) is 0 Å². The van der Waals surface area contributed by atoms with E-state index >= 15 is 0 Å². The number of aliphatic carboxylic acids is 1. The minimum Gasteiger partial charge on any atom is -0.550 e. The highest BCUT2D eigenvalue weighted by Crippen LogP contribution is 2.45. The van der Waals surface area contributed by atoms with Gasteiger partial charge in [-0.25, -0.2) is 0 Å². The van der Waals surface area contributed by atoms with Gasteiger partial charge < -0.3 is 29.4 Å². The standard InChI is InChI=1S/C21H19N3O5/c25-16(26)5-6-22-14-11-15(24-7-9-28-10-8-24)19-18-17(14)20(27)12-3-1-2-4-13(12)21(18)29-23-19/h1-4,11,22H,5-10H2,(H,25,26)/p-1. The molecule has 0 atom stereocenters. The molecule has 5 rings (SSSR count). The monoisotopic (exact) mass is 392 g/mol. The third kappa shape index (κ3) is 2.84. The molecule has 3 aromatic rings. The van der Waals surface area contributed by atoms with E-state index in [0.717, 1.165) is 5.69 Å². The number of benzene rings is 2. The minimum absolute atomic E-state index is 0.134. The van der Waals surface area contributed by atoms with Crippen molar-refractivity contribution in [1.82, 2.24) is 5.16 Å². The number of hydrogen-bond acceptors (Lipinski definition) is 8. The highest BCUT2D eigenvalue weighted by Gasteiger charge is 2.33. The van der Waals surface area contributed by atoms with Gasteiger partial charge in [-0.15, -0.1) is 0 Å². The summed E-state index contributed by atoms with van der Waals surface area (Å²) >= 11 is 0. The highest BCUT2D eigenvalue weighted by atomic mass is 16.5. The number of rotatable bonds is 5. The predicted molar refractivity (Wildman–Crippen MR) is 104 cm³/mol. The van der Waals surface area contributed by atoms with E-state index in [1.807, 2.05) is 18.2 Å². The lowest BCUT2D eigenvalue weighted by atomic mass is 9.86. The first-order chi connectivity index (χ1) is 14.1. The SMILES string of the molecule is O=C([O-])CCNc1cc(N2CCOCC2)c2noc3c2c1C(=O)c1ccccc1-3. The fourth-order valence-corrected chi connectivity index (χ4v) is 4.03. The zero-order valence-electron chi connectivity index (χ0n) is 15.6. The van der Waals surface area contributed by atoms with Crippen molar-refractivity contribution in [3.8, 4) is 11.3 Å². The molecule has 8 nitrogen and oxygen atoms in total. The van der Waals surface area contributed by atoms with Gasteiger partial charge in [-0.2, -0.15) is 0 Å². The molecule has 0 spiro atoms. The lowest BCUT2D eigenvalue weighted by molar-refractivity contribution is -0.305. The smallest absolute Gasteiger partial charge is 0.196 e. The second-order valence-corrected chi connectivity index (χ2v) is 7.08. The predicted octanol–water partition coefficient (Wildman–Crippen LogP) is 1.43. The summed E-state index contributed by atoms with van der Waals surface area (Å²) in [5.74, 6) is -0.725. The van der Waals surface area contributed by atoms with Crippen molar-refractivity contribution in [3.05, 3.63) is 41.5 Å². The van der Waals surface area contributed by atoms with Crippen molar-refractivity contribution in [2.24, 2.45) is 0 Å². The molecule has 1 aliphatic carbocycles. The lowest BCUT2D eigenvalue weighted by Gasteiger charge is -2.30. The van der Waals surface area contributed by atoms with E-state index < -0.39 is 5.97 Å². The fourth-order valence-electron chi connectivity index (χ4n) is 4.03.